The third-order valence-electron chi connectivity index (χ3n) is 1.27. The fourth-order valence-electron chi connectivity index (χ4n) is 0.710. The van der Waals surface area contributed by atoms with E-state index in [4.69, 9.17) is 10.2 Å². The molecule has 5 heteroatoms. The number of carbonyl (C=O) groups excluding carboxylic acids is 1. The molecule has 72 valence electrons. The number of nitrogens with one attached hydrogen (secondary N) is 1. The average Bonchev–Trinajstić information content (AvgIpc) is 1.98. The maximum absolute atomic E-state index is 11.0. The van der Waals surface area contributed by atoms with Crippen molar-refractivity contribution in [2.24, 2.45) is 0 Å². The van der Waals surface area contributed by atoms with E-state index < -0.39 is 6.04 Å². The Balaban J connectivity index is 3.66. The van der Waals surface area contributed by atoms with Gasteiger partial charge < -0.3 is 20.4 Å². The van der Waals surface area contributed by atoms with Crippen LogP contribution in [0, 0.1) is 0 Å². The summed E-state index contributed by atoms with van der Waals surface area (Å²) in [4.78, 5) is 12.7. The van der Waals surface area contributed by atoms with Crippen LogP contribution in [0.4, 0.5) is 0 Å². The van der Waals surface area contributed by atoms with Crippen molar-refractivity contribution < 1.29 is 15.0 Å². The summed E-state index contributed by atoms with van der Waals surface area (Å²) < 4.78 is 0. The molecule has 5 nitrogen and oxygen atoms in total. The summed E-state index contributed by atoms with van der Waals surface area (Å²) in [6, 6.07) is -0.544. The van der Waals surface area contributed by atoms with Gasteiger partial charge in [0.2, 0.25) is 5.91 Å². The lowest BCUT2D eigenvalue weighted by Gasteiger charge is -2.15. The first-order valence-electron chi connectivity index (χ1n) is 3.76. The van der Waals surface area contributed by atoms with Crippen LogP contribution >= 0.6 is 0 Å². The van der Waals surface area contributed by atoms with E-state index in [2.05, 4.69) is 5.32 Å². The zero-order valence-electron chi connectivity index (χ0n) is 7.45. The van der Waals surface area contributed by atoms with Gasteiger partial charge in [-0.3, -0.25) is 4.79 Å². The maximum Gasteiger partial charge on any atom is 0.234 e. The molecule has 1 amide bonds. The molecule has 12 heavy (non-hydrogen) atoms. The second-order valence-electron chi connectivity index (χ2n) is 2.87. The molecule has 0 heterocycles. The summed E-state index contributed by atoms with van der Waals surface area (Å²) >= 11 is 0. The van der Waals surface area contributed by atoms with Crippen LogP contribution in [-0.4, -0.2) is 60.9 Å². The molecule has 0 bridgehead atoms. The Bertz CT molecular complexity index is 135. The predicted octanol–water partition coefficient (Wildman–Crippen LogP) is -1.98. The number of hydrogen-bond donors (Lipinski definition) is 3. The highest BCUT2D eigenvalue weighted by Gasteiger charge is 2.09. The molecule has 0 aromatic carbocycles. The number of likely N-dealkylation sites (N-methyl/N-ethyl adjacent to an activating group) is 1. The molecule has 0 aliphatic heterocycles. The standard InChI is InChI=1S/C7H16N2O3/c1-9(2)3-7(12)8-6(4-10)5-11/h6,10-11H,3-5H2,1-2H3,(H,8,12). The van der Waals surface area contributed by atoms with E-state index in [0.29, 0.717) is 0 Å². The van der Waals surface area contributed by atoms with Gasteiger partial charge in [-0.25, -0.2) is 0 Å². The molecule has 0 saturated carbocycles. The minimum atomic E-state index is -0.544. The van der Waals surface area contributed by atoms with Crippen molar-refractivity contribution in [3.05, 3.63) is 0 Å². The van der Waals surface area contributed by atoms with Gasteiger partial charge in [0.1, 0.15) is 0 Å². The summed E-state index contributed by atoms with van der Waals surface area (Å²) in [6.45, 7) is -0.220. The van der Waals surface area contributed by atoms with Crippen LogP contribution in [0.1, 0.15) is 0 Å². The van der Waals surface area contributed by atoms with Crippen molar-refractivity contribution in [1.29, 1.82) is 0 Å². The van der Waals surface area contributed by atoms with Gasteiger partial charge in [0.05, 0.1) is 25.8 Å². The van der Waals surface area contributed by atoms with Crippen molar-refractivity contribution in [2.75, 3.05) is 33.9 Å². The van der Waals surface area contributed by atoms with Crippen LogP contribution < -0.4 is 5.32 Å². The molecular weight excluding hydrogens is 160 g/mol. The van der Waals surface area contributed by atoms with Gasteiger partial charge in [-0.1, -0.05) is 0 Å². The number of aliphatic hydroxyl groups is 2. The van der Waals surface area contributed by atoms with E-state index in [1.807, 2.05) is 0 Å². The molecular formula is C7H16N2O3. The van der Waals surface area contributed by atoms with E-state index in [9.17, 15) is 4.79 Å². The van der Waals surface area contributed by atoms with Crippen LogP contribution in [0.25, 0.3) is 0 Å². The monoisotopic (exact) mass is 176 g/mol. The molecule has 0 aromatic rings. The lowest BCUT2D eigenvalue weighted by Crippen LogP contribution is -2.43. The fourth-order valence-corrected chi connectivity index (χ4v) is 0.710. The fraction of sp³-hybridized carbons (Fsp3) is 0.857. The summed E-state index contributed by atoms with van der Waals surface area (Å²) in [5, 5.41) is 19.7. The lowest BCUT2D eigenvalue weighted by molar-refractivity contribution is -0.123. The van der Waals surface area contributed by atoms with E-state index >= 15 is 0 Å². The Morgan fingerprint density at radius 3 is 2.25 bits per heavy atom. The third kappa shape index (κ3) is 5.06. The largest absolute Gasteiger partial charge is 0.394 e. The highest BCUT2D eigenvalue weighted by molar-refractivity contribution is 5.78. The number of nitrogens with zero attached hydrogens (tertiary/aromatic N) is 1. The summed E-state index contributed by atoms with van der Waals surface area (Å²) in [5.41, 5.74) is 0. The topological polar surface area (TPSA) is 72.8 Å². The molecule has 0 radical (unpaired) electrons. The van der Waals surface area contributed by atoms with E-state index in [1.165, 1.54) is 0 Å². The molecule has 0 spiro atoms. The maximum atomic E-state index is 11.0. The second kappa shape index (κ2) is 5.93. The third-order valence-corrected chi connectivity index (χ3v) is 1.27. The molecule has 0 rings (SSSR count). The minimum Gasteiger partial charge on any atom is -0.394 e. The highest BCUT2D eigenvalue weighted by Crippen LogP contribution is 1.81. The smallest absolute Gasteiger partial charge is 0.234 e. The molecule has 0 saturated heterocycles. The van der Waals surface area contributed by atoms with Gasteiger partial charge in [0.15, 0.2) is 0 Å². The summed E-state index contributed by atoms with van der Waals surface area (Å²) in [7, 11) is 3.54. The molecule has 0 aromatic heterocycles. The second-order valence-corrected chi connectivity index (χ2v) is 2.87. The van der Waals surface area contributed by atoms with Crippen LogP contribution in [-0.2, 0) is 4.79 Å². The Labute approximate surface area is 72.0 Å². The summed E-state index contributed by atoms with van der Waals surface area (Å²) in [6.07, 6.45) is 0. The van der Waals surface area contributed by atoms with E-state index in [1.54, 1.807) is 19.0 Å². The highest BCUT2D eigenvalue weighted by atomic mass is 16.3. The molecule has 0 unspecified atom stereocenters. The van der Waals surface area contributed by atoms with E-state index in [-0.39, 0.29) is 25.7 Å². The molecule has 0 fully saturated rings. The predicted molar refractivity (Wildman–Crippen MR) is 44.7 cm³/mol. The number of hydrogen-bond acceptors (Lipinski definition) is 4. The lowest BCUT2D eigenvalue weighted by atomic mass is 10.3. The normalized spacial score (nSPS) is 10.8. The summed E-state index contributed by atoms with van der Waals surface area (Å²) in [5.74, 6) is -0.201. The van der Waals surface area contributed by atoms with Gasteiger partial charge in [0.25, 0.3) is 0 Å². The minimum absolute atomic E-state index is 0.201. The number of amides is 1. The van der Waals surface area contributed by atoms with E-state index in [0.717, 1.165) is 0 Å². The van der Waals surface area contributed by atoms with Gasteiger partial charge in [-0.15, -0.1) is 0 Å². The van der Waals surface area contributed by atoms with Crippen molar-refractivity contribution >= 4 is 5.91 Å². The van der Waals surface area contributed by atoms with Gasteiger partial charge >= 0.3 is 0 Å². The average molecular weight is 176 g/mol. The molecule has 0 aliphatic carbocycles. The quantitative estimate of drug-likeness (QED) is 0.454. The van der Waals surface area contributed by atoms with Crippen LogP contribution in [0.5, 0.6) is 0 Å². The Kier molecular flexibility index (Phi) is 5.61. The first-order valence-corrected chi connectivity index (χ1v) is 3.76. The van der Waals surface area contributed by atoms with Crippen molar-refractivity contribution in [2.45, 2.75) is 6.04 Å². The number of rotatable bonds is 5. The zero-order valence-corrected chi connectivity index (χ0v) is 7.45. The molecule has 0 atom stereocenters. The van der Waals surface area contributed by atoms with Gasteiger partial charge in [-0.05, 0) is 14.1 Å². The zero-order chi connectivity index (χ0) is 9.56. The first-order chi connectivity index (χ1) is 5.60. The SMILES string of the molecule is CN(C)CC(=O)NC(CO)CO. The van der Waals surface area contributed by atoms with Crippen LogP contribution in [0.3, 0.4) is 0 Å². The Morgan fingerprint density at radius 2 is 1.92 bits per heavy atom. The van der Waals surface area contributed by atoms with Crippen molar-refractivity contribution in [1.82, 2.24) is 10.2 Å². The molecule has 3 N–H and O–H groups in total. The first kappa shape index (κ1) is 11.4. The van der Waals surface area contributed by atoms with Crippen molar-refractivity contribution in [3.63, 3.8) is 0 Å². The van der Waals surface area contributed by atoms with Gasteiger partial charge in [-0.2, -0.15) is 0 Å². The number of carbonyl (C=O) groups is 1. The number of aliphatic hydroxyl groups excluding tert-OH is 2. The Morgan fingerprint density at radius 1 is 1.42 bits per heavy atom. The molecule has 0 aliphatic rings. The van der Waals surface area contributed by atoms with Crippen LogP contribution in [0.2, 0.25) is 0 Å². The van der Waals surface area contributed by atoms with Crippen LogP contribution in [0.15, 0.2) is 0 Å². The van der Waals surface area contributed by atoms with Gasteiger partial charge in [0, 0.05) is 0 Å². The Hall–Kier alpha value is -0.650. The van der Waals surface area contributed by atoms with Crippen molar-refractivity contribution in [3.8, 4) is 0 Å².